The van der Waals surface area contributed by atoms with Gasteiger partial charge in [0.05, 0.1) is 35.0 Å². The number of benzene rings is 1. The van der Waals surface area contributed by atoms with Crippen molar-refractivity contribution in [3.05, 3.63) is 65.4 Å². The number of carbonyl (C=O) groups is 1. The van der Waals surface area contributed by atoms with Crippen molar-refractivity contribution in [1.82, 2.24) is 4.40 Å². The molecular weight excluding hydrogens is 302 g/mol. The summed E-state index contributed by atoms with van der Waals surface area (Å²) in [6.45, 7) is 1.95. The summed E-state index contributed by atoms with van der Waals surface area (Å²) in [7, 11) is 0. The highest BCUT2D eigenvalue weighted by Gasteiger charge is 2.25. The maximum absolute atomic E-state index is 12.5. The van der Waals surface area contributed by atoms with Crippen LogP contribution >= 0.6 is 0 Å². The summed E-state index contributed by atoms with van der Waals surface area (Å²) in [6.07, 6.45) is 1.80. The minimum absolute atomic E-state index is 0.225. The van der Waals surface area contributed by atoms with Crippen LogP contribution < -0.4 is 0 Å². The first-order valence-electron chi connectivity index (χ1n) is 7.42. The summed E-state index contributed by atoms with van der Waals surface area (Å²) in [4.78, 5) is 12.5. The van der Waals surface area contributed by atoms with Gasteiger partial charge in [-0.25, -0.2) is 4.79 Å². The Hall–Kier alpha value is -3.57. The van der Waals surface area contributed by atoms with E-state index in [1.807, 2.05) is 12.1 Å². The van der Waals surface area contributed by atoms with Crippen molar-refractivity contribution in [3.63, 3.8) is 0 Å². The second kappa shape index (κ2) is 6.28. The van der Waals surface area contributed by atoms with Gasteiger partial charge in [-0.2, -0.15) is 10.5 Å². The van der Waals surface area contributed by atoms with E-state index in [0.717, 1.165) is 5.56 Å². The Kier molecular flexibility index (Phi) is 4.01. The summed E-state index contributed by atoms with van der Waals surface area (Å²) >= 11 is 0. The Morgan fingerprint density at radius 1 is 1.12 bits per heavy atom. The molecule has 0 saturated carbocycles. The second-order valence-corrected chi connectivity index (χ2v) is 5.08. The quantitative estimate of drug-likeness (QED) is 0.693. The number of nitriles is 2. The number of nitrogens with zero attached hydrogens (tertiary/aromatic N) is 3. The predicted octanol–water partition coefficient (Wildman–Crippen LogP) is 3.53. The maximum Gasteiger partial charge on any atom is 0.341 e. The molecule has 0 fully saturated rings. The number of ether oxygens (including phenoxy) is 1. The fourth-order valence-corrected chi connectivity index (χ4v) is 2.71. The monoisotopic (exact) mass is 315 g/mol. The van der Waals surface area contributed by atoms with Gasteiger partial charge < -0.3 is 9.14 Å². The van der Waals surface area contributed by atoms with E-state index in [1.165, 1.54) is 0 Å². The normalized spacial score (nSPS) is 10.1. The Labute approximate surface area is 138 Å². The third-order valence-corrected chi connectivity index (χ3v) is 3.72. The van der Waals surface area contributed by atoms with Gasteiger partial charge in [-0.3, -0.25) is 0 Å². The molecule has 0 atom stereocenters. The van der Waals surface area contributed by atoms with E-state index in [-0.39, 0.29) is 17.7 Å². The number of hydrogen-bond donors (Lipinski definition) is 0. The van der Waals surface area contributed by atoms with Crippen molar-refractivity contribution in [2.75, 3.05) is 6.61 Å². The number of pyridine rings is 1. The molecule has 2 aromatic heterocycles. The summed E-state index contributed by atoms with van der Waals surface area (Å²) in [6, 6.07) is 16.5. The zero-order valence-corrected chi connectivity index (χ0v) is 13.0. The highest BCUT2D eigenvalue weighted by molar-refractivity contribution is 6.02. The molecule has 116 valence electrons. The molecule has 3 rings (SSSR count). The lowest BCUT2D eigenvalue weighted by Gasteiger charge is -2.07. The summed E-state index contributed by atoms with van der Waals surface area (Å²) in [5.74, 6) is -0.530. The fourth-order valence-electron chi connectivity index (χ4n) is 2.71. The number of hydrogen-bond acceptors (Lipinski definition) is 4. The molecule has 1 aromatic carbocycles. The average molecular weight is 315 g/mol. The Morgan fingerprint density at radius 3 is 2.50 bits per heavy atom. The lowest BCUT2D eigenvalue weighted by atomic mass is 10.0. The molecule has 0 aliphatic carbocycles. The molecule has 5 nitrogen and oxygen atoms in total. The number of aromatic nitrogens is 1. The average Bonchev–Trinajstić information content (AvgIpc) is 2.96. The van der Waals surface area contributed by atoms with Crippen molar-refractivity contribution in [3.8, 4) is 23.4 Å². The molecule has 0 aliphatic heterocycles. The Bertz CT molecular complexity index is 1000. The predicted molar refractivity (Wildman–Crippen MR) is 88.2 cm³/mol. The molecule has 24 heavy (non-hydrogen) atoms. The van der Waals surface area contributed by atoms with E-state index >= 15 is 0 Å². The Balaban J connectivity index is 2.36. The van der Waals surface area contributed by atoms with Gasteiger partial charge in [0.15, 0.2) is 0 Å². The van der Waals surface area contributed by atoms with Crippen LogP contribution in [-0.4, -0.2) is 17.0 Å². The van der Waals surface area contributed by atoms with Gasteiger partial charge in [-0.15, -0.1) is 0 Å². The van der Waals surface area contributed by atoms with E-state index in [9.17, 15) is 10.1 Å². The first-order valence-corrected chi connectivity index (χ1v) is 7.42. The van der Waals surface area contributed by atoms with Crippen molar-refractivity contribution in [1.29, 1.82) is 10.5 Å². The van der Waals surface area contributed by atoms with Crippen LogP contribution in [0.5, 0.6) is 0 Å². The van der Waals surface area contributed by atoms with Crippen LogP contribution in [0.15, 0.2) is 48.7 Å². The number of rotatable bonds is 3. The lowest BCUT2D eigenvalue weighted by Crippen LogP contribution is -2.07. The minimum Gasteiger partial charge on any atom is -0.462 e. The molecule has 0 aliphatic rings. The van der Waals surface area contributed by atoms with E-state index in [0.29, 0.717) is 16.8 Å². The molecule has 5 heteroatoms. The zero-order valence-electron chi connectivity index (χ0n) is 13.0. The minimum atomic E-state index is -0.530. The van der Waals surface area contributed by atoms with Gasteiger partial charge in [0.1, 0.15) is 11.6 Å². The Morgan fingerprint density at radius 2 is 1.88 bits per heavy atom. The standard InChI is InChI=1S/C19H13N3O2/c1-2-24-19(23)17-15(12-21)16-5-3-4-10-22(16)18(17)14-8-6-13(11-20)7-9-14/h3-10H,2H2,1H3. The zero-order chi connectivity index (χ0) is 17.1. The molecule has 3 aromatic rings. The van der Waals surface area contributed by atoms with E-state index in [2.05, 4.69) is 12.1 Å². The maximum atomic E-state index is 12.5. The summed E-state index contributed by atoms with van der Waals surface area (Å²) in [5.41, 5.74) is 3.02. The van der Waals surface area contributed by atoms with Crippen LogP contribution in [0.1, 0.15) is 28.4 Å². The largest absolute Gasteiger partial charge is 0.462 e. The lowest BCUT2D eigenvalue weighted by molar-refractivity contribution is 0.0527. The van der Waals surface area contributed by atoms with Crippen LogP contribution in [0.25, 0.3) is 16.8 Å². The van der Waals surface area contributed by atoms with Gasteiger partial charge in [0, 0.05) is 6.20 Å². The molecule has 0 amide bonds. The van der Waals surface area contributed by atoms with Gasteiger partial charge in [-0.1, -0.05) is 18.2 Å². The molecular formula is C19H13N3O2. The summed E-state index contributed by atoms with van der Waals surface area (Å²) < 4.78 is 6.95. The van der Waals surface area contributed by atoms with Crippen molar-refractivity contribution in [2.24, 2.45) is 0 Å². The van der Waals surface area contributed by atoms with E-state index in [4.69, 9.17) is 10.00 Å². The highest BCUT2D eigenvalue weighted by atomic mass is 16.5. The molecule has 0 radical (unpaired) electrons. The van der Waals surface area contributed by atoms with Crippen molar-refractivity contribution >= 4 is 11.5 Å². The second-order valence-electron chi connectivity index (χ2n) is 5.08. The molecule has 0 unspecified atom stereocenters. The van der Waals surface area contributed by atoms with Gasteiger partial charge in [0.25, 0.3) is 0 Å². The summed E-state index contributed by atoms with van der Waals surface area (Å²) in [5, 5.41) is 18.5. The topological polar surface area (TPSA) is 78.3 Å². The van der Waals surface area contributed by atoms with Crippen molar-refractivity contribution < 1.29 is 9.53 Å². The van der Waals surface area contributed by atoms with Crippen LogP contribution in [-0.2, 0) is 4.74 Å². The van der Waals surface area contributed by atoms with Gasteiger partial charge in [-0.05, 0) is 36.8 Å². The molecule has 0 N–H and O–H groups in total. The fraction of sp³-hybridized carbons (Fsp3) is 0.105. The van der Waals surface area contributed by atoms with Gasteiger partial charge in [0.2, 0.25) is 0 Å². The van der Waals surface area contributed by atoms with Gasteiger partial charge >= 0.3 is 5.97 Å². The van der Waals surface area contributed by atoms with Crippen LogP contribution in [0.4, 0.5) is 0 Å². The van der Waals surface area contributed by atoms with Crippen LogP contribution in [0.2, 0.25) is 0 Å². The van der Waals surface area contributed by atoms with E-state index in [1.54, 1.807) is 47.9 Å². The smallest absolute Gasteiger partial charge is 0.341 e. The third-order valence-electron chi connectivity index (χ3n) is 3.72. The van der Waals surface area contributed by atoms with Crippen LogP contribution in [0.3, 0.4) is 0 Å². The number of carbonyl (C=O) groups excluding carboxylic acids is 1. The van der Waals surface area contributed by atoms with Crippen molar-refractivity contribution in [2.45, 2.75) is 6.92 Å². The molecule has 2 heterocycles. The molecule has 0 bridgehead atoms. The number of esters is 1. The highest BCUT2D eigenvalue weighted by Crippen LogP contribution is 2.32. The van der Waals surface area contributed by atoms with Crippen LogP contribution in [0, 0.1) is 22.7 Å². The van der Waals surface area contributed by atoms with E-state index < -0.39 is 5.97 Å². The molecule has 0 spiro atoms. The third kappa shape index (κ3) is 2.39. The number of fused-ring (bicyclic) bond motifs is 1. The first kappa shape index (κ1) is 15.3. The first-order chi connectivity index (χ1) is 11.7. The SMILES string of the molecule is CCOC(=O)c1c(C#N)c2ccccn2c1-c1ccc(C#N)cc1. The molecule has 0 saturated heterocycles.